The van der Waals surface area contributed by atoms with Crippen LogP contribution in [-0.4, -0.2) is 42.6 Å². The van der Waals surface area contributed by atoms with Crippen molar-refractivity contribution in [3.05, 3.63) is 47.5 Å². The van der Waals surface area contributed by atoms with E-state index in [-0.39, 0.29) is 11.2 Å². The van der Waals surface area contributed by atoms with Gasteiger partial charge in [0.15, 0.2) is 0 Å². The van der Waals surface area contributed by atoms with Crippen LogP contribution in [0.3, 0.4) is 0 Å². The molecule has 0 spiro atoms. The van der Waals surface area contributed by atoms with E-state index in [1.807, 2.05) is 35.2 Å². The maximum atomic E-state index is 12.2. The SMILES string of the molecule is COC(=O)[C@H](c1ccccc1)N1CCC(S)/C(=C\C=O)C1. The van der Waals surface area contributed by atoms with Crippen molar-refractivity contribution >= 4 is 24.9 Å². The molecule has 1 aromatic carbocycles. The van der Waals surface area contributed by atoms with Crippen molar-refractivity contribution in [2.24, 2.45) is 0 Å². The standard InChI is InChI=1S/C16H19NO3S/c1-20-16(19)15(12-5-3-2-4-6-12)17-9-7-14(21)13(11-17)8-10-18/h2-6,8,10,14-15,21H,7,9,11H2,1H3/b13-8-/t14?,15-/m0/s1. The fourth-order valence-corrected chi connectivity index (χ4v) is 2.89. The van der Waals surface area contributed by atoms with Crippen molar-refractivity contribution in [3.63, 3.8) is 0 Å². The summed E-state index contributed by atoms with van der Waals surface area (Å²) in [6.07, 6.45) is 3.12. The molecule has 1 unspecified atom stereocenters. The smallest absolute Gasteiger partial charge is 0.327 e. The van der Waals surface area contributed by atoms with Gasteiger partial charge < -0.3 is 4.74 Å². The first-order valence-corrected chi connectivity index (χ1v) is 7.38. The molecule has 1 aliphatic rings. The molecular formula is C16H19NO3S. The van der Waals surface area contributed by atoms with Crippen LogP contribution in [0.4, 0.5) is 0 Å². The Morgan fingerprint density at radius 3 is 2.76 bits per heavy atom. The third-order valence-corrected chi connectivity index (χ3v) is 4.28. The topological polar surface area (TPSA) is 46.6 Å². The van der Waals surface area contributed by atoms with Crippen LogP contribution >= 0.6 is 12.6 Å². The van der Waals surface area contributed by atoms with Crippen molar-refractivity contribution in [1.29, 1.82) is 0 Å². The summed E-state index contributed by atoms with van der Waals surface area (Å²) in [5.74, 6) is -0.288. The Hall–Kier alpha value is -1.59. The highest BCUT2D eigenvalue weighted by Crippen LogP contribution is 2.29. The van der Waals surface area contributed by atoms with Gasteiger partial charge in [0.25, 0.3) is 0 Å². The molecule has 5 heteroatoms. The van der Waals surface area contributed by atoms with Crippen LogP contribution in [-0.2, 0) is 14.3 Å². The third kappa shape index (κ3) is 3.74. The van der Waals surface area contributed by atoms with Crippen LogP contribution in [0, 0.1) is 0 Å². The quantitative estimate of drug-likeness (QED) is 0.400. The van der Waals surface area contributed by atoms with Crippen LogP contribution in [0.1, 0.15) is 18.0 Å². The van der Waals surface area contributed by atoms with Gasteiger partial charge in [-0.05, 0) is 23.6 Å². The lowest BCUT2D eigenvalue weighted by Gasteiger charge is -2.36. The Bertz CT molecular complexity index is 530. The van der Waals surface area contributed by atoms with Crippen molar-refractivity contribution < 1.29 is 14.3 Å². The molecule has 0 bridgehead atoms. The lowest BCUT2D eigenvalue weighted by Crippen LogP contribution is -2.42. The summed E-state index contributed by atoms with van der Waals surface area (Å²) >= 11 is 4.49. The lowest BCUT2D eigenvalue weighted by atomic mass is 9.98. The Morgan fingerprint density at radius 2 is 2.14 bits per heavy atom. The highest BCUT2D eigenvalue weighted by Gasteiger charge is 2.32. The number of piperidine rings is 1. The van der Waals surface area contributed by atoms with Gasteiger partial charge in [-0.2, -0.15) is 12.6 Å². The zero-order valence-corrected chi connectivity index (χ0v) is 12.8. The predicted molar refractivity (Wildman–Crippen MR) is 84.3 cm³/mol. The summed E-state index contributed by atoms with van der Waals surface area (Å²) in [6.45, 7) is 1.28. The number of esters is 1. The van der Waals surface area contributed by atoms with Crippen molar-refractivity contribution in [1.82, 2.24) is 4.90 Å². The summed E-state index contributed by atoms with van der Waals surface area (Å²) in [7, 11) is 1.39. The summed E-state index contributed by atoms with van der Waals surface area (Å²) < 4.78 is 4.95. The average molecular weight is 305 g/mol. The number of hydrogen-bond donors (Lipinski definition) is 1. The second kappa shape index (κ2) is 7.43. The monoisotopic (exact) mass is 305 g/mol. The second-order valence-electron chi connectivity index (χ2n) is 4.99. The number of hydrogen-bond acceptors (Lipinski definition) is 5. The minimum absolute atomic E-state index is 0.0699. The molecule has 0 amide bonds. The number of rotatable bonds is 4. The molecule has 1 heterocycles. The summed E-state index contributed by atoms with van der Waals surface area (Å²) in [4.78, 5) is 25.0. The molecule has 2 atom stereocenters. The zero-order valence-electron chi connectivity index (χ0n) is 11.9. The van der Waals surface area contributed by atoms with Gasteiger partial charge in [0, 0.05) is 18.3 Å². The highest BCUT2D eigenvalue weighted by atomic mass is 32.1. The number of benzene rings is 1. The van der Waals surface area contributed by atoms with E-state index in [9.17, 15) is 9.59 Å². The van der Waals surface area contributed by atoms with E-state index in [0.29, 0.717) is 6.54 Å². The number of aldehydes is 1. The van der Waals surface area contributed by atoms with E-state index in [1.54, 1.807) is 6.08 Å². The molecule has 1 aromatic rings. The van der Waals surface area contributed by atoms with Gasteiger partial charge in [-0.25, -0.2) is 4.79 Å². The van der Waals surface area contributed by atoms with Gasteiger partial charge in [-0.3, -0.25) is 9.69 Å². The van der Waals surface area contributed by atoms with E-state index < -0.39 is 6.04 Å². The molecule has 0 saturated carbocycles. The lowest BCUT2D eigenvalue weighted by molar-refractivity contribution is -0.147. The first kappa shape index (κ1) is 15.8. The maximum absolute atomic E-state index is 12.2. The van der Waals surface area contributed by atoms with Crippen LogP contribution in [0.15, 0.2) is 42.0 Å². The van der Waals surface area contributed by atoms with Crippen LogP contribution in [0.25, 0.3) is 0 Å². The van der Waals surface area contributed by atoms with Crippen molar-refractivity contribution in [3.8, 4) is 0 Å². The van der Waals surface area contributed by atoms with E-state index >= 15 is 0 Å². The van der Waals surface area contributed by atoms with Crippen LogP contribution in [0.2, 0.25) is 0 Å². The maximum Gasteiger partial charge on any atom is 0.327 e. The van der Waals surface area contributed by atoms with E-state index in [4.69, 9.17) is 4.74 Å². The van der Waals surface area contributed by atoms with Gasteiger partial charge in [-0.1, -0.05) is 30.3 Å². The molecule has 112 valence electrons. The average Bonchev–Trinajstić information content (AvgIpc) is 2.51. The number of ether oxygens (including phenoxy) is 1. The second-order valence-corrected chi connectivity index (χ2v) is 5.61. The number of carbonyl (C=O) groups excluding carboxylic acids is 2. The van der Waals surface area contributed by atoms with Crippen LogP contribution in [0.5, 0.6) is 0 Å². The molecule has 0 N–H and O–H groups in total. The molecule has 1 aliphatic heterocycles. The molecule has 1 fully saturated rings. The molecule has 1 saturated heterocycles. The zero-order chi connectivity index (χ0) is 15.2. The van der Waals surface area contributed by atoms with E-state index in [1.165, 1.54) is 7.11 Å². The Morgan fingerprint density at radius 1 is 1.43 bits per heavy atom. The third-order valence-electron chi connectivity index (χ3n) is 3.69. The van der Waals surface area contributed by atoms with Gasteiger partial charge in [-0.15, -0.1) is 0 Å². The molecular weight excluding hydrogens is 286 g/mol. The Kier molecular flexibility index (Phi) is 5.59. The number of thiol groups is 1. The molecule has 4 nitrogen and oxygen atoms in total. The van der Waals surface area contributed by atoms with Crippen LogP contribution < -0.4 is 0 Å². The minimum Gasteiger partial charge on any atom is -0.468 e. The van der Waals surface area contributed by atoms with Gasteiger partial charge >= 0.3 is 5.97 Å². The highest BCUT2D eigenvalue weighted by molar-refractivity contribution is 7.81. The number of methoxy groups -OCH3 is 1. The predicted octanol–water partition coefficient (Wildman–Crippen LogP) is 2.03. The molecule has 0 aliphatic carbocycles. The first-order valence-electron chi connectivity index (χ1n) is 6.86. The number of allylic oxidation sites excluding steroid dienone is 1. The largest absolute Gasteiger partial charge is 0.468 e. The van der Waals surface area contributed by atoms with Gasteiger partial charge in [0.05, 0.1) is 7.11 Å². The summed E-state index contributed by atoms with van der Waals surface area (Å²) in [5, 5.41) is 0.0699. The van der Waals surface area contributed by atoms with E-state index in [2.05, 4.69) is 12.6 Å². The molecule has 0 radical (unpaired) electrons. The van der Waals surface area contributed by atoms with E-state index in [0.717, 1.165) is 30.4 Å². The van der Waals surface area contributed by atoms with Crippen molar-refractivity contribution in [2.45, 2.75) is 17.7 Å². The van der Waals surface area contributed by atoms with Gasteiger partial charge in [0.2, 0.25) is 0 Å². The molecule has 2 rings (SSSR count). The van der Waals surface area contributed by atoms with Crippen molar-refractivity contribution in [2.75, 3.05) is 20.2 Å². The molecule has 0 aromatic heterocycles. The minimum atomic E-state index is -0.452. The summed E-state index contributed by atoms with van der Waals surface area (Å²) in [6, 6.07) is 9.09. The fraction of sp³-hybridized carbons (Fsp3) is 0.375. The number of carbonyl (C=O) groups is 2. The number of nitrogens with zero attached hydrogens (tertiary/aromatic N) is 1. The van der Waals surface area contributed by atoms with Gasteiger partial charge in [0.1, 0.15) is 12.3 Å². The fourth-order valence-electron chi connectivity index (χ4n) is 2.61. The Balaban J connectivity index is 2.28. The number of likely N-dealkylation sites (tertiary alicyclic amines) is 1. The normalized spacial score (nSPS) is 22.8. The molecule has 21 heavy (non-hydrogen) atoms. The summed E-state index contributed by atoms with van der Waals surface area (Å²) in [5.41, 5.74) is 1.83. The first-order chi connectivity index (χ1) is 10.2. The Labute approximate surface area is 130 Å².